The molecule has 1 aromatic rings. The Kier molecular flexibility index (Phi) is 2.02. The fourth-order valence-corrected chi connectivity index (χ4v) is 2.04. The highest BCUT2D eigenvalue weighted by atomic mass is 19.2. The van der Waals surface area contributed by atoms with E-state index in [4.69, 9.17) is 0 Å². The Hall–Kier alpha value is -2.30. The maximum absolute atomic E-state index is 14.4. The van der Waals surface area contributed by atoms with Crippen molar-refractivity contribution in [3.05, 3.63) is 53.4 Å². The lowest BCUT2D eigenvalue weighted by Crippen LogP contribution is -2.37. The van der Waals surface area contributed by atoms with Crippen LogP contribution < -0.4 is 0 Å². The molecule has 0 spiro atoms. The third kappa shape index (κ3) is 1.33. The van der Waals surface area contributed by atoms with Crippen LogP contribution in [0.3, 0.4) is 0 Å². The van der Waals surface area contributed by atoms with Gasteiger partial charge < -0.3 is 4.74 Å². The third-order valence-electron chi connectivity index (χ3n) is 2.87. The number of hydrogen-bond donors (Lipinski definition) is 0. The van der Waals surface area contributed by atoms with E-state index in [0.717, 1.165) is 6.08 Å². The van der Waals surface area contributed by atoms with Gasteiger partial charge in [-0.2, -0.15) is 4.39 Å². The summed E-state index contributed by atoms with van der Waals surface area (Å²) in [6, 6.07) is 6.13. The predicted molar refractivity (Wildman–Crippen MR) is 57.9 cm³/mol. The molecule has 0 N–H and O–H groups in total. The molecule has 0 fully saturated rings. The topological polar surface area (TPSA) is 43.4 Å². The summed E-state index contributed by atoms with van der Waals surface area (Å²) in [6.07, 6.45) is 1.21. The number of allylic oxidation sites excluding steroid dienone is 2. The molecule has 1 aliphatic heterocycles. The summed E-state index contributed by atoms with van der Waals surface area (Å²) in [7, 11) is 0. The lowest BCUT2D eigenvalue weighted by atomic mass is 9.87. The first-order valence-corrected chi connectivity index (χ1v) is 5.18. The Balaban J connectivity index is 2.28. The number of esters is 1. The van der Waals surface area contributed by atoms with Crippen LogP contribution in [0.2, 0.25) is 0 Å². The Labute approximate surface area is 100 Å². The van der Waals surface area contributed by atoms with Crippen molar-refractivity contribution in [3.63, 3.8) is 0 Å². The molecule has 2 aliphatic rings. The number of benzene rings is 1. The molecule has 90 valence electrons. The smallest absolute Gasteiger partial charge is 0.341 e. The number of carbonyl (C=O) groups is 2. The van der Waals surface area contributed by atoms with Gasteiger partial charge in [-0.15, -0.1) is 0 Å². The van der Waals surface area contributed by atoms with Crippen molar-refractivity contribution in [2.75, 3.05) is 0 Å². The highest BCUT2D eigenvalue weighted by Gasteiger charge is 2.47. The molecule has 5 heteroatoms. The number of ether oxygens (including phenoxy) is 1. The first-order valence-electron chi connectivity index (χ1n) is 5.18. The minimum absolute atomic E-state index is 0.149. The number of carbonyl (C=O) groups excluding carboxylic acids is 2. The number of rotatable bonds is 0. The fraction of sp³-hybridized carbons (Fsp3) is 0.0769. The zero-order valence-electron chi connectivity index (χ0n) is 8.94. The number of fused-ring (bicyclic) bond motifs is 3. The Morgan fingerprint density at radius 2 is 1.78 bits per heavy atom. The van der Waals surface area contributed by atoms with Crippen molar-refractivity contribution < 1.29 is 23.1 Å². The standard InChI is InChI=1S/C13H6F2O3/c14-10-6-13(15)9(5-11(10)16)7-3-1-2-4-8(7)12(17)18-13/h1-6H. The van der Waals surface area contributed by atoms with Crippen LogP contribution >= 0.6 is 0 Å². The van der Waals surface area contributed by atoms with Crippen LogP contribution in [0, 0.1) is 0 Å². The normalized spacial score (nSPS) is 25.7. The second kappa shape index (κ2) is 3.35. The lowest BCUT2D eigenvalue weighted by Gasteiger charge is -2.32. The quantitative estimate of drug-likeness (QED) is 0.662. The Morgan fingerprint density at radius 3 is 2.50 bits per heavy atom. The minimum atomic E-state index is -2.70. The highest BCUT2D eigenvalue weighted by molar-refractivity contribution is 6.13. The molecule has 1 aliphatic carbocycles. The van der Waals surface area contributed by atoms with Crippen molar-refractivity contribution >= 4 is 17.3 Å². The van der Waals surface area contributed by atoms with Crippen molar-refractivity contribution in [2.24, 2.45) is 0 Å². The maximum Gasteiger partial charge on any atom is 0.341 e. The van der Waals surface area contributed by atoms with Crippen LogP contribution in [-0.4, -0.2) is 17.6 Å². The summed E-state index contributed by atoms with van der Waals surface area (Å²) in [5.41, 5.74) is 0.248. The van der Waals surface area contributed by atoms with Gasteiger partial charge in [0.2, 0.25) is 5.78 Å². The van der Waals surface area contributed by atoms with Gasteiger partial charge in [0.15, 0.2) is 5.83 Å². The van der Waals surface area contributed by atoms with E-state index in [1.165, 1.54) is 12.1 Å². The molecule has 1 heterocycles. The summed E-state index contributed by atoms with van der Waals surface area (Å²) in [5, 5.41) is 0. The van der Waals surface area contributed by atoms with Crippen molar-refractivity contribution in [1.29, 1.82) is 0 Å². The second-order valence-corrected chi connectivity index (χ2v) is 3.99. The molecule has 1 unspecified atom stereocenters. The lowest BCUT2D eigenvalue weighted by molar-refractivity contribution is -0.113. The van der Waals surface area contributed by atoms with Gasteiger partial charge in [-0.25, -0.2) is 9.18 Å². The van der Waals surface area contributed by atoms with E-state index in [2.05, 4.69) is 4.74 Å². The van der Waals surface area contributed by atoms with Gasteiger partial charge >= 0.3 is 11.8 Å². The van der Waals surface area contributed by atoms with Gasteiger partial charge in [-0.3, -0.25) is 4.79 Å². The van der Waals surface area contributed by atoms with Crippen LogP contribution in [-0.2, 0) is 9.53 Å². The number of alkyl halides is 1. The summed E-state index contributed by atoms with van der Waals surface area (Å²) < 4.78 is 32.1. The minimum Gasteiger partial charge on any atom is -0.416 e. The molecule has 0 radical (unpaired) electrons. The summed E-state index contributed by atoms with van der Waals surface area (Å²) in [6.45, 7) is 0. The molecule has 0 amide bonds. The summed E-state index contributed by atoms with van der Waals surface area (Å²) >= 11 is 0. The zero-order valence-corrected chi connectivity index (χ0v) is 8.94. The molecule has 3 rings (SSSR count). The van der Waals surface area contributed by atoms with Crippen molar-refractivity contribution in [2.45, 2.75) is 5.85 Å². The van der Waals surface area contributed by atoms with Crippen LogP contribution in [0.4, 0.5) is 8.78 Å². The second-order valence-electron chi connectivity index (χ2n) is 3.99. The van der Waals surface area contributed by atoms with Crippen LogP contribution in [0.1, 0.15) is 15.9 Å². The van der Waals surface area contributed by atoms with Gasteiger partial charge in [0.05, 0.1) is 5.56 Å². The van der Waals surface area contributed by atoms with Gasteiger partial charge in [0, 0.05) is 11.6 Å². The molecule has 0 saturated heterocycles. The largest absolute Gasteiger partial charge is 0.416 e. The molecule has 1 atom stereocenters. The number of ketones is 1. The summed E-state index contributed by atoms with van der Waals surface area (Å²) in [5.74, 6) is -5.80. The fourth-order valence-electron chi connectivity index (χ4n) is 2.04. The molecule has 18 heavy (non-hydrogen) atoms. The molecule has 3 nitrogen and oxygen atoms in total. The van der Waals surface area contributed by atoms with Gasteiger partial charge in [0.25, 0.3) is 0 Å². The van der Waals surface area contributed by atoms with Crippen molar-refractivity contribution in [1.82, 2.24) is 0 Å². The first kappa shape index (κ1) is 10.8. The van der Waals surface area contributed by atoms with E-state index >= 15 is 0 Å². The molecule has 0 bridgehead atoms. The number of halogens is 2. The van der Waals surface area contributed by atoms with E-state index in [9.17, 15) is 18.4 Å². The number of hydrogen-bond acceptors (Lipinski definition) is 3. The Morgan fingerprint density at radius 1 is 1.11 bits per heavy atom. The SMILES string of the molecule is O=C1C=C2c3ccccc3C(=O)OC2(F)C=C1F. The highest BCUT2D eigenvalue weighted by Crippen LogP contribution is 2.43. The summed E-state index contributed by atoms with van der Waals surface area (Å²) in [4.78, 5) is 22.9. The van der Waals surface area contributed by atoms with Crippen molar-refractivity contribution in [3.8, 4) is 0 Å². The van der Waals surface area contributed by atoms with E-state index in [1.54, 1.807) is 12.1 Å². The molecule has 0 aromatic heterocycles. The first-order chi connectivity index (χ1) is 8.51. The molecule has 0 saturated carbocycles. The van der Waals surface area contributed by atoms with Gasteiger partial charge in [-0.1, -0.05) is 18.2 Å². The Bertz CT molecular complexity index is 645. The van der Waals surface area contributed by atoms with Crippen LogP contribution in [0.15, 0.2) is 42.2 Å². The van der Waals surface area contributed by atoms with E-state index in [1.807, 2.05) is 0 Å². The van der Waals surface area contributed by atoms with Crippen LogP contribution in [0.5, 0.6) is 0 Å². The monoisotopic (exact) mass is 248 g/mol. The maximum atomic E-state index is 14.4. The van der Waals surface area contributed by atoms with E-state index in [0.29, 0.717) is 6.08 Å². The average molecular weight is 248 g/mol. The predicted octanol–water partition coefficient (Wildman–Crippen LogP) is 2.34. The van der Waals surface area contributed by atoms with E-state index in [-0.39, 0.29) is 16.7 Å². The van der Waals surface area contributed by atoms with E-state index < -0.39 is 23.4 Å². The average Bonchev–Trinajstić information content (AvgIpc) is 2.32. The molecular formula is C13H6F2O3. The van der Waals surface area contributed by atoms with Gasteiger partial charge in [0.1, 0.15) is 0 Å². The van der Waals surface area contributed by atoms with Gasteiger partial charge in [-0.05, 0) is 17.7 Å². The zero-order chi connectivity index (χ0) is 12.9. The van der Waals surface area contributed by atoms with Crippen LogP contribution in [0.25, 0.3) is 5.57 Å². The molecule has 1 aromatic carbocycles. The molecular weight excluding hydrogens is 242 g/mol. The third-order valence-corrected chi connectivity index (χ3v) is 2.87.